The summed E-state index contributed by atoms with van der Waals surface area (Å²) in [6.45, 7) is 14.1. The van der Waals surface area contributed by atoms with Gasteiger partial charge in [0.25, 0.3) is 0 Å². The van der Waals surface area contributed by atoms with Crippen molar-refractivity contribution in [3.05, 3.63) is 35.1 Å². The van der Waals surface area contributed by atoms with Gasteiger partial charge >= 0.3 is 0 Å². The quantitative estimate of drug-likeness (QED) is 0.863. The molecule has 1 aromatic heterocycles. The SMILES string of the molecule is CCNC(C)c1oc2c(C(C)(C)C)cccc2c1C. The van der Waals surface area contributed by atoms with Gasteiger partial charge in [-0.05, 0) is 31.4 Å². The fourth-order valence-corrected chi connectivity index (χ4v) is 2.66. The van der Waals surface area contributed by atoms with Crippen LogP contribution >= 0.6 is 0 Å². The molecule has 1 unspecified atom stereocenters. The molecule has 1 aromatic carbocycles. The van der Waals surface area contributed by atoms with Crippen LogP contribution in [0, 0.1) is 6.92 Å². The van der Waals surface area contributed by atoms with Crippen molar-refractivity contribution in [3.63, 3.8) is 0 Å². The van der Waals surface area contributed by atoms with E-state index in [1.807, 2.05) is 0 Å². The van der Waals surface area contributed by atoms with Crippen molar-refractivity contribution in [2.24, 2.45) is 0 Å². The van der Waals surface area contributed by atoms with Crippen molar-refractivity contribution >= 4 is 11.0 Å². The third-order valence-corrected chi connectivity index (χ3v) is 3.71. The predicted octanol–water partition coefficient (Wildman–Crippen LogP) is 4.71. The molecule has 0 aliphatic carbocycles. The zero-order valence-corrected chi connectivity index (χ0v) is 12.9. The van der Waals surface area contributed by atoms with E-state index in [2.05, 4.69) is 65.1 Å². The van der Waals surface area contributed by atoms with Gasteiger partial charge in [-0.25, -0.2) is 0 Å². The lowest BCUT2D eigenvalue weighted by molar-refractivity contribution is 0.450. The van der Waals surface area contributed by atoms with Gasteiger partial charge in [-0.2, -0.15) is 0 Å². The molecule has 0 spiro atoms. The summed E-state index contributed by atoms with van der Waals surface area (Å²) in [5.41, 5.74) is 3.69. The van der Waals surface area contributed by atoms with Gasteiger partial charge in [-0.15, -0.1) is 0 Å². The molecular weight excluding hydrogens is 234 g/mol. The highest BCUT2D eigenvalue weighted by molar-refractivity contribution is 5.85. The lowest BCUT2D eigenvalue weighted by Crippen LogP contribution is -2.17. The van der Waals surface area contributed by atoms with Gasteiger partial charge < -0.3 is 9.73 Å². The Morgan fingerprint density at radius 1 is 1.26 bits per heavy atom. The van der Waals surface area contributed by atoms with Crippen molar-refractivity contribution in [3.8, 4) is 0 Å². The van der Waals surface area contributed by atoms with Crippen LogP contribution in [-0.4, -0.2) is 6.54 Å². The Bertz CT molecular complexity index is 575. The average Bonchev–Trinajstić information content (AvgIpc) is 2.66. The van der Waals surface area contributed by atoms with E-state index in [9.17, 15) is 0 Å². The number of benzene rings is 1. The topological polar surface area (TPSA) is 25.2 Å². The summed E-state index contributed by atoms with van der Waals surface area (Å²) >= 11 is 0. The zero-order chi connectivity index (χ0) is 14.2. The molecule has 0 radical (unpaired) electrons. The summed E-state index contributed by atoms with van der Waals surface area (Å²) < 4.78 is 6.21. The van der Waals surface area contributed by atoms with Crippen LogP contribution in [0.5, 0.6) is 0 Å². The Labute approximate surface area is 116 Å². The zero-order valence-electron chi connectivity index (χ0n) is 12.9. The number of para-hydroxylation sites is 1. The number of hydrogen-bond acceptors (Lipinski definition) is 2. The van der Waals surface area contributed by atoms with Gasteiger partial charge in [0.1, 0.15) is 11.3 Å². The third kappa shape index (κ3) is 2.55. The van der Waals surface area contributed by atoms with E-state index >= 15 is 0 Å². The Morgan fingerprint density at radius 3 is 2.53 bits per heavy atom. The second-order valence-corrected chi connectivity index (χ2v) is 6.30. The van der Waals surface area contributed by atoms with E-state index in [1.54, 1.807) is 0 Å². The van der Waals surface area contributed by atoms with E-state index in [1.165, 1.54) is 16.5 Å². The molecule has 0 bridgehead atoms. The Balaban J connectivity index is 2.63. The maximum absolute atomic E-state index is 6.21. The summed E-state index contributed by atoms with van der Waals surface area (Å²) in [4.78, 5) is 0. The summed E-state index contributed by atoms with van der Waals surface area (Å²) in [5, 5.41) is 4.67. The molecule has 0 saturated carbocycles. The molecule has 0 saturated heterocycles. The summed E-state index contributed by atoms with van der Waals surface area (Å²) in [5.74, 6) is 1.06. The van der Waals surface area contributed by atoms with Crippen LogP contribution in [0.2, 0.25) is 0 Å². The summed E-state index contributed by atoms with van der Waals surface area (Å²) in [7, 11) is 0. The second kappa shape index (κ2) is 5.01. The minimum Gasteiger partial charge on any atom is -0.459 e. The minimum absolute atomic E-state index is 0.0997. The smallest absolute Gasteiger partial charge is 0.138 e. The Kier molecular flexibility index (Phi) is 3.73. The number of rotatable bonds is 3. The van der Waals surface area contributed by atoms with Crippen LogP contribution in [0.15, 0.2) is 22.6 Å². The van der Waals surface area contributed by atoms with E-state index in [0.29, 0.717) is 0 Å². The maximum Gasteiger partial charge on any atom is 0.138 e. The number of aryl methyl sites for hydroxylation is 1. The first kappa shape index (κ1) is 14.1. The molecule has 2 aromatic rings. The standard InChI is InChI=1S/C17H25NO/c1-7-18-12(3)15-11(2)13-9-8-10-14(16(13)19-15)17(4,5)6/h8-10,12,18H,7H2,1-6H3. The average molecular weight is 259 g/mol. The third-order valence-electron chi connectivity index (χ3n) is 3.71. The second-order valence-electron chi connectivity index (χ2n) is 6.30. The molecule has 1 atom stereocenters. The lowest BCUT2D eigenvalue weighted by atomic mass is 9.86. The van der Waals surface area contributed by atoms with Crippen molar-refractivity contribution in [1.82, 2.24) is 5.32 Å². The van der Waals surface area contributed by atoms with Gasteiger partial charge in [0.2, 0.25) is 0 Å². The van der Waals surface area contributed by atoms with Crippen molar-refractivity contribution in [2.45, 2.75) is 53.0 Å². The first-order chi connectivity index (χ1) is 8.86. The minimum atomic E-state index is 0.0997. The van der Waals surface area contributed by atoms with Crippen LogP contribution in [0.1, 0.15) is 57.5 Å². The van der Waals surface area contributed by atoms with Crippen LogP contribution in [-0.2, 0) is 5.41 Å². The van der Waals surface area contributed by atoms with Crippen molar-refractivity contribution < 1.29 is 4.42 Å². The molecule has 0 fully saturated rings. The highest BCUT2D eigenvalue weighted by atomic mass is 16.3. The molecule has 19 heavy (non-hydrogen) atoms. The highest BCUT2D eigenvalue weighted by Gasteiger charge is 2.22. The first-order valence-corrected chi connectivity index (χ1v) is 7.12. The lowest BCUT2D eigenvalue weighted by Gasteiger charge is -2.19. The van der Waals surface area contributed by atoms with Crippen LogP contribution in [0.4, 0.5) is 0 Å². The molecule has 0 amide bonds. The number of furan rings is 1. The van der Waals surface area contributed by atoms with E-state index in [-0.39, 0.29) is 11.5 Å². The Hall–Kier alpha value is -1.28. The molecule has 0 aliphatic rings. The number of nitrogens with one attached hydrogen (secondary N) is 1. The van der Waals surface area contributed by atoms with E-state index < -0.39 is 0 Å². The van der Waals surface area contributed by atoms with Crippen LogP contribution < -0.4 is 5.32 Å². The van der Waals surface area contributed by atoms with E-state index in [4.69, 9.17) is 4.42 Å². The fourth-order valence-electron chi connectivity index (χ4n) is 2.66. The van der Waals surface area contributed by atoms with Gasteiger partial charge in [0.15, 0.2) is 0 Å². The monoisotopic (exact) mass is 259 g/mol. The molecule has 0 aliphatic heterocycles. The van der Waals surface area contributed by atoms with Gasteiger partial charge in [0, 0.05) is 10.9 Å². The van der Waals surface area contributed by atoms with Crippen molar-refractivity contribution in [2.75, 3.05) is 6.54 Å². The highest BCUT2D eigenvalue weighted by Crippen LogP contribution is 2.36. The first-order valence-electron chi connectivity index (χ1n) is 7.12. The van der Waals surface area contributed by atoms with Gasteiger partial charge in [0.05, 0.1) is 6.04 Å². The summed E-state index contributed by atoms with van der Waals surface area (Å²) in [6, 6.07) is 6.72. The predicted molar refractivity (Wildman–Crippen MR) is 81.7 cm³/mol. The van der Waals surface area contributed by atoms with Gasteiger partial charge in [-0.1, -0.05) is 45.9 Å². The molecule has 104 valence electrons. The molecule has 1 N–H and O–H groups in total. The van der Waals surface area contributed by atoms with Crippen molar-refractivity contribution in [1.29, 1.82) is 0 Å². The Morgan fingerprint density at radius 2 is 1.95 bits per heavy atom. The van der Waals surface area contributed by atoms with E-state index in [0.717, 1.165) is 17.9 Å². The number of fused-ring (bicyclic) bond motifs is 1. The fraction of sp³-hybridized carbons (Fsp3) is 0.529. The molecule has 2 heteroatoms. The normalized spacial score (nSPS) is 14.0. The molecule has 2 rings (SSSR count). The summed E-state index contributed by atoms with van der Waals surface area (Å²) in [6.07, 6.45) is 0. The van der Waals surface area contributed by atoms with Crippen LogP contribution in [0.25, 0.3) is 11.0 Å². The van der Waals surface area contributed by atoms with Gasteiger partial charge in [-0.3, -0.25) is 0 Å². The largest absolute Gasteiger partial charge is 0.459 e. The number of hydrogen-bond donors (Lipinski definition) is 1. The molecule has 2 nitrogen and oxygen atoms in total. The maximum atomic E-state index is 6.21. The van der Waals surface area contributed by atoms with Crippen LogP contribution in [0.3, 0.4) is 0 Å². The molecule has 1 heterocycles. The molecular formula is C17H25NO.